The number of hydrogen-bond donors (Lipinski definition) is 0. The third-order valence-corrected chi connectivity index (χ3v) is 5.52. The summed E-state index contributed by atoms with van der Waals surface area (Å²) in [5.41, 5.74) is 0.0761. The second-order valence-corrected chi connectivity index (χ2v) is 8.85. The number of alkyl halides is 1. The fourth-order valence-corrected chi connectivity index (χ4v) is 4.62. The van der Waals surface area contributed by atoms with E-state index in [1.54, 1.807) is 4.31 Å². The van der Waals surface area contributed by atoms with Gasteiger partial charge in [0.25, 0.3) is 0 Å². The second kappa shape index (κ2) is 6.02. The van der Waals surface area contributed by atoms with Crippen molar-refractivity contribution >= 4 is 26.0 Å². The molecule has 0 N–H and O–H groups in total. The van der Waals surface area contributed by atoms with Crippen molar-refractivity contribution in [2.24, 2.45) is 5.41 Å². The number of nitrogens with zero attached hydrogens (tertiary/aromatic N) is 1. The highest BCUT2D eigenvalue weighted by Crippen LogP contribution is 2.29. The van der Waals surface area contributed by atoms with Crippen molar-refractivity contribution in [3.63, 3.8) is 0 Å². The van der Waals surface area contributed by atoms with Gasteiger partial charge in [0.15, 0.2) is 0 Å². The van der Waals surface area contributed by atoms with Crippen molar-refractivity contribution in [3.8, 4) is 0 Å². The normalized spacial score (nSPS) is 18.4. The van der Waals surface area contributed by atoms with Crippen LogP contribution in [0, 0.1) is 5.41 Å². The van der Waals surface area contributed by atoms with Gasteiger partial charge in [-0.15, -0.1) is 0 Å². The van der Waals surface area contributed by atoms with Gasteiger partial charge in [0.2, 0.25) is 10.0 Å². The predicted octanol–water partition coefficient (Wildman–Crippen LogP) is 3.00. The summed E-state index contributed by atoms with van der Waals surface area (Å²) in [6.07, 6.45) is 3.95. The molecule has 0 bridgehead atoms. The molecule has 1 saturated carbocycles. The zero-order chi connectivity index (χ0) is 13.1. The van der Waals surface area contributed by atoms with E-state index in [0.29, 0.717) is 6.54 Å². The lowest BCUT2D eigenvalue weighted by molar-refractivity contribution is 0.227. The topological polar surface area (TPSA) is 37.4 Å². The van der Waals surface area contributed by atoms with Gasteiger partial charge in [-0.05, 0) is 24.7 Å². The van der Waals surface area contributed by atoms with Crippen LogP contribution in [0.5, 0.6) is 0 Å². The fraction of sp³-hybridized carbons (Fsp3) is 1.00. The number of sulfonamides is 1. The molecule has 0 amide bonds. The van der Waals surface area contributed by atoms with Crippen LogP contribution in [0.15, 0.2) is 0 Å². The average Bonchev–Trinajstić information content (AvgIpc) is 2.10. The second-order valence-electron chi connectivity index (χ2n) is 6.01. The van der Waals surface area contributed by atoms with Gasteiger partial charge in [-0.2, -0.15) is 4.31 Å². The van der Waals surface area contributed by atoms with Crippen molar-refractivity contribution in [2.75, 3.05) is 17.6 Å². The smallest absolute Gasteiger partial charge is 0.212 e. The first kappa shape index (κ1) is 15.4. The van der Waals surface area contributed by atoms with E-state index < -0.39 is 10.0 Å². The summed E-state index contributed by atoms with van der Waals surface area (Å²) in [5.74, 6) is 0.278. The first-order chi connectivity index (χ1) is 7.76. The maximum absolute atomic E-state index is 12.3. The molecule has 0 heterocycles. The molecule has 0 atom stereocenters. The molecule has 0 unspecified atom stereocenters. The molecule has 3 nitrogen and oxygen atoms in total. The molecule has 1 aliphatic carbocycles. The SMILES string of the molecule is CC(C)(C)CCS(=O)(=O)N(CCBr)C1CCC1. The fourth-order valence-electron chi connectivity index (χ4n) is 1.86. The Balaban J connectivity index is 2.63. The Labute approximate surface area is 114 Å². The van der Waals surface area contributed by atoms with E-state index in [0.717, 1.165) is 31.0 Å². The Bertz CT molecular complexity index is 331. The molecule has 1 rings (SSSR count). The van der Waals surface area contributed by atoms with Gasteiger partial charge in [-0.25, -0.2) is 8.42 Å². The van der Waals surface area contributed by atoms with Gasteiger partial charge in [-0.3, -0.25) is 0 Å². The van der Waals surface area contributed by atoms with Gasteiger partial charge in [-0.1, -0.05) is 43.1 Å². The molecule has 0 aromatic carbocycles. The van der Waals surface area contributed by atoms with E-state index in [9.17, 15) is 8.42 Å². The van der Waals surface area contributed by atoms with E-state index in [4.69, 9.17) is 0 Å². The van der Waals surface area contributed by atoms with Crippen LogP contribution in [0.1, 0.15) is 46.5 Å². The summed E-state index contributed by atoms with van der Waals surface area (Å²) in [6.45, 7) is 6.86. The van der Waals surface area contributed by atoms with Crippen molar-refractivity contribution < 1.29 is 8.42 Å². The summed E-state index contributed by atoms with van der Waals surface area (Å²) in [6, 6.07) is 0.262. The van der Waals surface area contributed by atoms with E-state index in [-0.39, 0.29) is 17.2 Å². The lowest BCUT2D eigenvalue weighted by Gasteiger charge is -2.36. The lowest BCUT2D eigenvalue weighted by atomic mass is 9.93. The van der Waals surface area contributed by atoms with Gasteiger partial charge in [0, 0.05) is 17.9 Å². The zero-order valence-corrected chi connectivity index (χ0v) is 13.5. The van der Waals surface area contributed by atoms with Crippen molar-refractivity contribution in [2.45, 2.75) is 52.5 Å². The summed E-state index contributed by atoms with van der Waals surface area (Å²) < 4.78 is 26.3. The molecule has 0 aromatic rings. The molecule has 5 heteroatoms. The van der Waals surface area contributed by atoms with Crippen LogP contribution in [0.25, 0.3) is 0 Å². The van der Waals surface area contributed by atoms with Crippen LogP contribution in [0.2, 0.25) is 0 Å². The maximum atomic E-state index is 12.3. The van der Waals surface area contributed by atoms with Crippen LogP contribution in [0.4, 0.5) is 0 Å². The molecule has 17 heavy (non-hydrogen) atoms. The van der Waals surface area contributed by atoms with Crippen molar-refractivity contribution in [3.05, 3.63) is 0 Å². The number of rotatable bonds is 6. The first-order valence-electron chi connectivity index (χ1n) is 6.32. The quantitative estimate of drug-likeness (QED) is 0.704. The van der Waals surface area contributed by atoms with Gasteiger partial charge in [0.05, 0.1) is 5.75 Å². The number of halogens is 1. The molecule has 0 spiro atoms. The van der Waals surface area contributed by atoms with Crippen LogP contribution in [-0.2, 0) is 10.0 Å². The summed E-state index contributed by atoms with van der Waals surface area (Å²) in [5, 5.41) is 0.720. The molecule has 102 valence electrons. The largest absolute Gasteiger partial charge is 0.214 e. The minimum Gasteiger partial charge on any atom is -0.212 e. The van der Waals surface area contributed by atoms with Crippen LogP contribution in [0.3, 0.4) is 0 Å². The Morgan fingerprint density at radius 2 is 1.88 bits per heavy atom. The molecule has 1 fully saturated rings. The molecular weight excluding hydrogens is 302 g/mol. The lowest BCUT2D eigenvalue weighted by Crippen LogP contribution is -2.46. The highest BCUT2D eigenvalue weighted by atomic mass is 79.9. The van der Waals surface area contributed by atoms with E-state index in [1.807, 2.05) is 0 Å². The van der Waals surface area contributed by atoms with Gasteiger partial charge >= 0.3 is 0 Å². The third kappa shape index (κ3) is 4.87. The Morgan fingerprint density at radius 1 is 1.29 bits per heavy atom. The highest BCUT2D eigenvalue weighted by Gasteiger charge is 2.33. The van der Waals surface area contributed by atoms with Crippen molar-refractivity contribution in [1.82, 2.24) is 4.31 Å². The van der Waals surface area contributed by atoms with E-state index in [1.165, 1.54) is 0 Å². The predicted molar refractivity (Wildman–Crippen MR) is 76.0 cm³/mol. The Morgan fingerprint density at radius 3 is 2.24 bits per heavy atom. The minimum atomic E-state index is -3.07. The molecule has 0 aliphatic heterocycles. The minimum absolute atomic E-state index is 0.0761. The van der Waals surface area contributed by atoms with Crippen LogP contribution in [-0.4, -0.2) is 36.4 Å². The van der Waals surface area contributed by atoms with E-state index in [2.05, 4.69) is 36.7 Å². The zero-order valence-electron chi connectivity index (χ0n) is 11.1. The summed E-state index contributed by atoms with van der Waals surface area (Å²) in [4.78, 5) is 0. The van der Waals surface area contributed by atoms with Crippen molar-refractivity contribution in [1.29, 1.82) is 0 Å². The molecule has 0 saturated heterocycles. The molecule has 1 aliphatic rings. The van der Waals surface area contributed by atoms with Gasteiger partial charge in [0.1, 0.15) is 0 Å². The number of hydrogen-bond acceptors (Lipinski definition) is 2. The standard InChI is InChI=1S/C12H24BrNO2S/c1-12(2,3)7-10-17(15,16)14(9-8-13)11-5-4-6-11/h11H,4-10H2,1-3H3. The Kier molecular flexibility index (Phi) is 5.47. The molecule has 0 aromatic heterocycles. The van der Waals surface area contributed by atoms with Crippen LogP contribution >= 0.6 is 15.9 Å². The monoisotopic (exact) mass is 325 g/mol. The summed E-state index contributed by atoms with van der Waals surface area (Å²) in [7, 11) is -3.07. The molecule has 0 radical (unpaired) electrons. The van der Waals surface area contributed by atoms with Gasteiger partial charge < -0.3 is 0 Å². The molecular formula is C12H24BrNO2S. The van der Waals surface area contributed by atoms with Crippen LogP contribution < -0.4 is 0 Å². The first-order valence-corrected chi connectivity index (χ1v) is 9.05. The van der Waals surface area contributed by atoms with E-state index >= 15 is 0 Å². The third-order valence-electron chi connectivity index (χ3n) is 3.25. The average molecular weight is 326 g/mol. The highest BCUT2D eigenvalue weighted by molar-refractivity contribution is 9.09. The Hall–Kier alpha value is 0.390. The maximum Gasteiger partial charge on any atom is 0.214 e. The summed E-state index contributed by atoms with van der Waals surface area (Å²) >= 11 is 3.35.